The third-order valence-corrected chi connectivity index (χ3v) is 5.01. The van der Waals surface area contributed by atoms with Crippen LogP contribution in [0, 0.1) is 13.8 Å². The minimum Gasteiger partial charge on any atom is -0.444 e. The summed E-state index contributed by atoms with van der Waals surface area (Å²) in [5, 5.41) is 7.52. The van der Waals surface area contributed by atoms with E-state index < -0.39 is 5.60 Å². The summed E-state index contributed by atoms with van der Waals surface area (Å²) in [6, 6.07) is 0.211. The Kier molecular flexibility index (Phi) is 5.35. The molecule has 0 radical (unpaired) electrons. The molecule has 1 N–H and O–H groups in total. The first-order valence-corrected chi connectivity index (χ1v) is 9.61. The number of aromatic nitrogens is 1. The Morgan fingerprint density at radius 1 is 1.37 bits per heavy atom. The molecule has 1 aromatic rings. The molecule has 0 aliphatic carbocycles. The topological polar surface area (TPSA) is 83.2 Å². The van der Waals surface area contributed by atoms with Gasteiger partial charge in [-0.1, -0.05) is 12.1 Å². The van der Waals surface area contributed by atoms with Crippen molar-refractivity contribution in [2.24, 2.45) is 4.99 Å². The third kappa shape index (κ3) is 4.36. The summed E-state index contributed by atoms with van der Waals surface area (Å²) in [4.78, 5) is 21.0. The fourth-order valence-corrected chi connectivity index (χ4v) is 3.76. The van der Waals surface area contributed by atoms with Crippen molar-refractivity contribution in [1.82, 2.24) is 20.3 Å². The number of hydrogen-bond donors (Lipinski definition) is 1. The van der Waals surface area contributed by atoms with Crippen molar-refractivity contribution >= 4 is 12.1 Å². The van der Waals surface area contributed by atoms with Gasteiger partial charge in [0.05, 0.1) is 18.3 Å². The Bertz CT molecular complexity index is 702. The molecule has 0 bridgehead atoms. The molecule has 2 aliphatic heterocycles. The van der Waals surface area contributed by atoms with Gasteiger partial charge in [0, 0.05) is 37.7 Å². The summed E-state index contributed by atoms with van der Waals surface area (Å²) in [5.74, 6) is 2.07. The smallest absolute Gasteiger partial charge is 0.410 e. The van der Waals surface area contributed by atoms with Crippen molar-refractivity contribution in [3.05, 3.63) is 17.0 Å². The number of nitrogens with one attached hydrogen (secondary N) is 1. The van der Waals surface area contributed by atoms with Gasteiger partial charge < -0.3 is 24.4 Å². The van der Waals surface area contributed by atoms with Crippen LogP contribution in [-0.4, -0.2) is 71.4 Å². The number of guanidine groups is 1. The summed E-state index contributed by atoms with van der Waals surface area (Å²) >= 11 is 0. The minimum absolute atomic E-state index is 0.211. The molecule has 2 unspecified atom stereocenters. The predicted octanol–water partition coefficient (Wildman–Crippen LogP) is 2.28. The van der Waals surface area contributed by atoms with Crippen LogP contribution >= 0.6 is 0 Å². The first kappa shape index (κ1) is 19.5. The van der Waals surface area contributed by atoms with Crippen LogP contribution in [-0.2, 0) is 4.74 Å². The maximum atomic E-state index is 12.3. The molecule has 0 saturated carbocycles. The molecule has 1 fully saturated rings. The van der Waals surface area contributed by atoms with Crippen LogP contribution in [0.25, 0.3) is 0 Å². The second-order valence-corrected chi connectivity index (χ2v) is 8.46. The molecule has 8 nitrogen and oxygen atoms in total. The largest absolute Gasteiger partial charge is 0.444 e. The molecule has 2 atom stereocenters. The lowest BCUT2D eigenvalue weighted by Gasteiger charge is -2.39. The molecule has 2 aliphatic rings. The van der Waals surface area contributed by atoms with Crippen LogP contribution in [0.5, 0.6) is 0 Å². The highest BCUT2D eigenvalue weighted by molar-refractivity contribution is 5.82. The molecule has 27 heavy (non-hydrogen) atoms. The van der Waals surface area contributed by atoms with Crippen molar-refractivity contribution in [2.75, 3.05) is 32.7 Å². The Labute approximate surface area is 160 Å². The normalized spacial score (nSPS) is 21.0. The number of aliphatic imine (C=N–C) groups is 1. The highest BCUT2D eigenvalue weighted by atomic mass is 16.6. The van der Waals surface area contributed by atoms with E-state index in [1.54, 1.807) is 4.90 Å². The summed E-state index contributed by atoms with van der Waals surface area (Å²) in [5.41, 5.74) is 1.63. The van der Waals surface area contributed by atoms with E-state index in [2.05, 4.69) is 27.3 Å². The van der Waals surface area contributed by atoms with Crippen LogP contribution < -0.4 is 5.32 Å². The zero-order valence-electron chi connectivity index (χ0n) is 17.2. The van der Waals surface area contributed by atoms with Crippen molar-refractivity contribution in [1.29, 1.82) is 0 Å². The number of ether oxygens (including phenoxy) is 1. The first-order valence-electron chi connectivity index (χ1n) is 9.61. The van der Waals surface area contributed by atoms with Crippen LogP contribution in [0.15, 0.2) is 9.52 Å². The van der Waals surface area contributed by atoms with E-state index in [1.807, 2.05) is 34.6 Å². The standard InChI is InChI=1S/C19H31N5O3/c1-12(16-13(2)22-27-14(16)3)9-20-17-21-10-15-11-23(7-8-24(15)17)18(25)26-19(4,5)6/h12,15H,7-11H2,1-6H3,(H,20,21). The van der Waals surface area contributed by atoms with Gasteiger partial charge in [-0.15, -0.1) is 0 Å². The second kappa shape index (κ2) is 7.40. The van der Waals surface area contributed by atoms with Crippen molar-refractivity contribution in [2.45, 2.75) is 59.1 Å². The van der Waals surface area contributed by atoms with Crippen LogP contribution in [0.2, 0.25) is 0 Å². The molecule has 1 aromatic heterocycles. The van der Waals surface area contributed by atoms with Gasteiger partial charge in [-0.25, -0.2) is 4.79 Å². The molecule has 150 valence electrons. The second-order valence-electron chi connectivity index (χ2n) is 8.46. The number of nitrogens with zero attached hydrogens (tertiary/aromatic N) is 4. The number of carbonyl (C=O) groups excluding carboxylic acids is 1. The fourth-order valence-electron chi connectivity index (χ4n) is 3.76. The van der Waals surface area contributed by atoms with E-state index in [0.29, 0.717) is 19.6 Å². The maximum absolute atomic E-state index is 12.3. The number of aryl methyl sites for hydroxylation is 2. The zero-order chi connectivity index (χ0) is 19.8. The average molecular weight is 377 g/mol. The Morgan fingerprint density at radius 3 is 2.74 bits per heavy atom. The molecule has 8 heteroatoms. The Morgan fingerprint density at radius 2 is 2.11 bits per heavy atom. The molecular weight excluding hydrogens is 346 g/mol. The predicted molar refractivity (Wildman–Crippen MR) is 103 cm³/mol. The van der Waals surface area contributed by atoms with Gasteiger partial charge in [-0.05, 0) is 34.6 Å². The van der Waals surface area contributed by atoms with Crippen LogP contribution in [0.1, 0.15) is 50.6 Å². The van der Waals surface area contributed by atoms with E-state index in [-0.39, 0.29) is 18.1 Å². The first-order chi connectivity index (χ1) is 12.7. The van der Waals surface area contributed by atoms with Gasteiger partial charge in [0.2, 0.25) is 0 Å². The highest BCUT2D eigenvalue weighted by Gasteiger charge is 2.36. The van der Waals surface area contributed by atoms with Gasteiger partial charge in [-0.2, -0.15) is 0 Å². The zero-order valence-corrected chi connectivity index (χ0v) is 17.2. The SMILES string of the molecule is Cc1noc(C)c1C(C)CNC1=NCC2CN(C(=O)OC(C)(C)C)CCN12. The van der Waals surface area contributed by atoms with E-state index in [1.165, 1.54) is 0 Å². The van der Waals surface area contributed by atoms with E-state index in [9.17, 15) is 4.79 Å². The molecule has 0 aromatic carbocycles. The number of carbonyl (C=O) groups is 1. The Balaban J connectivity index is 1.53. The maximum Gasteiger partial charge on any atom is 0.410 e. The quantitative estimate of drug-likeness (QED) is 0.870. The lowest BCUT2D eigenvalue weighted by Crippen LogP contribution is -2.57. The van der Waals surface area contributed by atoms with Gasteiger partial charge >= 0.3 is 6.09 Å². The van der Waals surface area contributed by atoms with Gasteiger partial charge in [0.25, 0.3) is 0 Å². The number of amides is 1. The number of hydrogen-bond acceptors (Lipinski definition) is 7. The molecule has 1 saturated heterocycles. The van der Waals surface area contributed by atoms with E-state index in [0.717, 1.165) is 36.1 Å². The summed E-state index contributed by atoms with van der Waals surface area (Å²) in [6.07, 6.45) is -0.240. The van der Waals surface area contributed by atoms with Crippen molar-refractivity contribution in [3.63, 3.8) is 0 Å². The Hall–Kier alpha value is -2.25. The average Bonchev–Trinajstić information content (AvgIpc) is 3.13. The number of piperazine rings is 1. The van der Waals surface area contributed by atoms with Gasteiger partial charge in [0.15, 0.2) is 5.96 Å². The summed E-state index contributed by atoms with van der Waals surface area (Å²) < 4.78 is 10.8. The summed E-state index contributed by atoms with van der Waals surface area (Å²) in [7, 11) is 0. The van der Waals surface area contributed by atoms with E-state index in [4.69, 9.17) is 9.26 Å². The van der Waals surface area contributed by atoms with Crippen molar-refractivity contribution < 1.29 is 14.1 Å². The van der Waals surface area contributed by atoms with Crippen molar-refractivity contribution in [3.8, 4) is 0 Å². The fraction of sp³-hybridized carbons (Fsp3) is 0.737. The lowest BCUT2D eigenvalue weighted by atomic mass is 10.00. The van der Waals surface area contributed by atoms with Crippen LogP contribution in [0.3, 0.4) is 0 Å². The number of fused-ring (bicyclic) bond motifs is 1. The molecule has 0 spiro atoms. The molecule has 1 amide bonds. The third-order valence-electron chi connectivity index (χ3n) is 5.01. The molecule has 3 heterocycles. The summed E-state index contributed by atoms with van der Waals surface area (Å²) in [6.45, 7) is 15.3. The molecular formula is C19H31N5O3. The van der Waals surface area contributed by atoms with E-state index >= 15 is 0 Å². The number of rotatable bonds is 3. The van der Waals surface area contributed by atoms with Gasteiger partial charge in [0.1, 0.15) is 11.4 Å². The monoisotopic (exact) mass is 377 g/mol. The minimum atomic E-state index is -0.471. The molecule has 3 rings (SSSR count). The van der Waals surface area contributed by atoms with Gasteiger partial charge in [-0.3, -0.25) is 4.99 Å². The van der Waals surface area contributed by atoms with Crippen LogP contribution in [0.4, 0.5) is 4.79 Å². The lowest BCUT2D eigenvalue weighted by molar-refractivity contribution is 0.0137. The highest BCUT2D eigenvalue weighted by Crippen LogP contribution is 2.23.